The number of aromatic nitrogens is 2. The summed E-state index contributed by atoms with van der Waals surface area (Å²) >= 11 is 0. The summed E-state index contributed by atoms with van der Waals surface area (Å²) in [7, 11) is -4.59. The summed E-state index contributed by atoms with van der Waals surface area (Å²) in [5.74, 6) is 0. The highest BCUT2D eigenvalue weighted by Gasteiger charge is 2.20. The summed E-state index contributed by atoms with van der Waals surface area (Å²) in [5.41, 5.74) is 2.68. The first-order valence-electron chi connectivity index (χ1n) is 9.19. The van der Waals surface area contributed by atoms with Gasteiger partial charge in [-0.05, 0) is 49.2 Å². The van der Waals surface area contributed by atoms with E-state index in [0.29, 0.717) is 32.9 Å². The van der Waals surface area contributed by atoms with Crippen LogP contribution in [0.1, 0.15) is 11.1 Å². The molecule has 7 nitrogen and oxygen atoms in total. The number of benzene rings is 3. The zero-order valence-electron chi connectivity index (χ0n) is 16.0. The molecule has 3 N–H and O–H groups in total. The van der Waals surface area contributed by atoms with Gasteiger partial charge in [0.15, 0.2) is 10.9 Å². The molecule has 0 saturated heterocycles. The molecular weight excluding hydrogens is 404 g/mol. The summed E-state index contributed by atoms with van der Waals surface area (Å²) in [6.07, 6.45) is 0. The zero-order chi connectivity index (χ0) is 21.4. The Morgan fingerprint density at radius 2 is 1.47 bits per heavy atom. The Labute approximate surface area is 169 Å². The van der Waals surface area contributed by atoms with Crippen LogP contribution >= 0.6 is 0 Å². The number of nitrogens with one attached hydrogen (secondary N) is 2. The molecule has 0 aliphatic rings. The largest absolute Gasteiger partial charge is 0.354 e. The molecule has 0 unspecified atom stereocenters. The molecule has 8 heteroatoms. The van der Waals surface area contributed by atoms with Gasteiger partial charge in [-0.1, -0.05) is 18.2 Å². The Bertz CT molecular complexity index is 1780. The highest BCUT2D eigenvalue weighted by Crippen LogP contribution is 2.28. The Hall–Kier alpha value is -3.49. The Morgan fingerprint density at radius 1 is 0.800 bits per heavy atom. The second kappa shape index (κ2) is 6.01. The maximum absolute atomic E-state index is 13.3. The van der Waals surface area contributed by atoms with Gasteiger partial charge in [-0.2, -0.15) is 8.42 Å². The summed E-state index contributed by atoms with van der Waals surface area (Å²) in [4.78, 5) is 32.4. The topological polar surface area (TPSA) is 120 Å². The van der Waals surface area contributed by atoms with E-state index < -0.39 is 20.4 Å². The van der Waals surface area contributed by atoms with Crippen molar-refractivity contribution >= 4 is 53.7 Å². The molecule has 0 saturated carbocycles. The number of hydrogen-bond acceptors (Lipinski definition) is 4. The lowest BCUT2D eigenvalue weighted by Crippen LogP contribution is -2.13. The van der Waals surface area contributed by atoms with E-state index in [1.165, 1.54) is 12.1 Å². The summed E-state index contributed by atoms with van der Waals surface area (Å²) in [6.45, 7) is 3.63. The minimum Gasteiger partial charge on any atom is -0.354 e. The lowest BCUT2D eigenvalue weighted by atomic mass is 9.99. The fraction of sp³-hybridized carbons (Fsp3) is 0.0909. The molecule has 0 fully saturated rings. The van der Waals surface area contributed by atoms with Crippen molar-refractivity contribution in [1.82, 2.24) is 9.97 Å². The Morgan fingerprint density at radius 3 is 2.20 bits per heavy atom. The van der Waals surface area contributed by atoms with Crippen molar-refractivity contribution < 1.29 is 13.0 Å². The molecule has 0 aliphatic carbocycles. The molecule has 0 bridgehead atoms. The van der Waals surface area contributed by atoms with Crippen molar-refractivity contribution in [3.05, 3.63) is 74.0 Å². The van der Waals surface area contributed by atoms with Crippen LogP contribution in [-0.4, -0.2) is 22.9 Å². The predicted molar refractivity (Wildman–Crippen MR) is 117 cm³/mol. The van der Waals surface area contributed by atoms with Crippen LogP contribution in [-0.2, 0) is 10.1 Å². The fourth-order valence-corrected chi connectivity index (χ4v) is 4.91. The summed E-state index contributed by atoms with van der Waals surface area (Å²) in [6, 6.07) is 11.2. The number of aryl methyl sites for hydroxylation is 2. The number of rotatable bonds is 1. The van der Waals surface area contributed by atoms with Crippen LogP contribution in [0, 0.1) is 13.8 Å². The highest BCUT2D eigenvalue weighted by atomic mass is 32.2. The van der Waals surface area contributed by atoms with Gasteiger partial charge in [0.25, 0.3) is 10.1 Å². The van der Waals surface area contributed by atoms with Crippen LogP contribution in [0.4, 0.5) is 0 Å². The van der Waals surface area contributed by atoms with Crippen LogP contribution in [0.25, 0.3) is 43.6 Å². The van der Waals surface area contributed by atoms with Gasteiger partial charge >= 0.3 is 0 Å². The maximum Gasteiger partial charge on any atom is 0.295 e. The van der Waals surface area contributed by atoms with Crippen molar-refractivity contribution in [3.8, 4) is 0 Å². The molecule has 0 spiro atoms. The molecule has 5 aromatic rings. The van der Waals surface area contributed by atoms with Crippen LogP contribution in [0.5, 0.6) is 0 Å². The van der Waals surface area contributed by atoms with Gasteiger partial charge in [-0.3, -0.25) is 14.1 Å². The lowest BCUT2D eigenvalue weighted by molar-refractivity contribution is 0.484. The number of fused-ring (bicyclic) bond motifs is 4. The monoisotopic (exact) mass is 420 g/mol. The number of H-pyrrole nitrogens is 2. The quantitative estimate of drug-likeness (QED) is 0.283. The second-order valence-corrected chi connectivity index (χ2v) is 8.80. The van der Waals surface area contributed by atoms with Crippen LogP contribution in [0.15, 0.2) is 56.9 Å². The van der Waals surface area contributed by atoms with Gasteiger partial charge in [-0.25, -0.2) is 0 Å². The van der Waals surface area contributed by atoms with Crippen molar-refractivity contribution in [2.45, 2.75) is 18.7 Å². The molecule has 150 valence electrons. The molecule has 0 amide bonds. The zero-order valence-corrected chi connectivity index (χ0v) is 16.8. The smallest absolute Gasteiger partial charge is 0.295 e. The molecule has 0 atom stereocenters. The van der Waals surface area contributed by atoms with E-state index in [1.807, 2.05) is 19.1 Å². The molecule has 0 aliphatic heterocycles. The summed E-state index contributed by atoms with van der Waals surface area (Å²) < 4.78 is 33.2. The van der Waals surface area contributed by atoms with Crippen LogP contribution < -0.4 is 10.9 Å². The third kappa shape index (κ3) is 2.44. The predicted octanol–water partition coefficient (Wildman–Crippen LogP) is 3.54. The number of para-hydroxylation sites is 1. The lowest BCUT2D eigenvalue weighted by Gasteiger charge is -2.12. The van der Waals surface area contributed by atoms with Crippen molar-refractivity contribution in [3.63, 3.8) is 0 Å². The van der Waals surface area contributed by atoms with Crippen LogP contribution in [0.2, 0.25) is 0 Å². The molecule has 30 heavy (non-hydrogen) atoms. The third-order valence-electron chi connectivity index (χ3n) is 5.62. The van der Waals surface area contributed by atoms with Crippen molar-refractivity contribution in [2.24, 2.45) is 0 Å². The van der Waals surface area contributed by atoms with E-state index in [0.717, 1.165) is 5.56 Å². The molecule has 0 radical (unpaired) electrons. The molecule has 3 aromatic carbocycles. The van der Waals surface area contributed by atoms with Gasteiger partial charge in [0.2, 0.25) is 0 Å². The van der Waals surface area contributed by atoms with E-state index >= 15 is 0 Å². The van der Waals surface area contributed by atoms with E-state index in [-0.39, 0.29) is 21.7 Å². The highest BCUT2D eigenvalue weighted by molar-refractivity contribution is 7.86. The second-order valence-electron chi connectivity index (χ2n) is 7.41. The Kier molecular flexibility index (Phi) is 3.71. The summed E-state index contributed by atoms with van der Waals surface area (Å²) in [5, 5.41) is 1.13. The average Bonchev–Trinajstić information content (AvgIpc) is 2.69. The normalized spacial score (nSPS) is 12.4. The van der Waals surface area contributed by atoms with E-state index in [1.54, 1.807) is 25.1 Å². The van der Waals surface area contributed by atoms with Gasteiger partial charge < -0.3 is 9.97 Å². The van der Waals surface area contributed by atoms with Gasteiger partial charge in [-0.15, -0.1) is 0 Å². The average molecular weight is 420 g/mol. The molecule has 5 rings (SSSR count). The van der Waals surface area contributed by atoms with E-state index in [2.05, 4.69) is 9.97 Å². The SMILES string of the molecule is Cc1cccc2c(=O)c3c(C)c4[nH]c5cccc(S(=O)(=O)O)c5c(=O)c4cc3[nH]c12. The number of aromatic amines is 2. The first-order valence-corrected chi connectivity index (χ1v) is 10.6. The van der Waals surface area contributed by atoms with E-state index in [9.17, 15) is 22.6 Å². The first kappa shape index (κ1) is 18.5. The van der Waals surface area contributed by atoms with Crippen molar-refractivity contribution in [1.29, 1.82) is 0 Å². The number of pyridine rings is 2. The van der Waals surface area contributed by atoms with Crippen LogP contribution in [0.3, 0.4) is 0 Å². The molecule has 2 aromatic heterocycles. The standard InChI is InChI=1S/C22H16N2O5S/c1-10-5-3-6-12-19(10)24-15-9-13-20(11(2)17(15)21(12)25)23-14-7-4-8-16(30(27,28)29)18(14)22(13)26/h3-9H,1-2H3,(H,23,26)(H,24,25)(H,27,28,29). The van der Waals surface area contributed by atoms with Gasteiger partial charge in [0, 0.05) is 10.8 Å². The first-order chi connectivity index (χ1) is 14.2. The van der Waals surface area contributed by atoms with E-state index in [4.69, 9.17) is 0 Å². The Balaban J connectivity index is 2.07. The molecule has 2 heterocycles. The molecular formula is C22H16N2O5S. The van der Waals surface area contributed by atoms with Gasteiger partial charge in [0.05, 0.1) is 32.8 Å². The van der Waals surface area contributed by atoms with Crippen molar-refractivity contribution in [2.75, 3.05) is 0 Å². The minimum atomic E-state index is -4.59. The third-order valence-corrected chi connectivity index (χ3v) is 6.51. The maximum atomic E-state index is 13.3. The fourth-order valence-electron chi connectivity index (χ4n) is 4.20. The van der Waals surface area contributed by atoms with Gasteiger partial charge in [0.1, 0.15) is 4.90 Å². The number of hydrogen-bond donors (Lipinski definition) is 3. The minimum absolute atomic E-state index is 0.120.